The number of unbranched alkanes of at least 4 members (excludes halogenated alkanes) is 7. The Labute approximate surface area is 232 Å². The molecule has 1 aliphatic heterocycles. The Morgan fingerprint density at radius 1 is 0.795 bits per heavy atom. The number of pyridine rings is 1. The zero-order chi connectivity index (χ0) is 26.9. The molecule has 2 aromatic heterocycles. The Bertz CT molecular complexity index is 1280. The van der Waals surface area contributed by atoms with Crippen LogP contribution >= 0.6 is 0 Å². The Morgan fingerprint density at radius 2 is 1.49 bits per heavy atom. The summed E-state index contributed by atoms with van der Waals surface area (Å²) in [5, 5.41) is 13.3. The molecule has 0 bridgehead atoms. The number of nitrogens with one attached hydrogen (secondary N) is 1. The maximum Gasteiger partial charge on any atom is 0.222 e. The highest BCUT2D eigenvalue weighted by atomic mass is 16.2. The molecule has 1 N–H and O–H groups in total. The maximum atomic E-state index is 12.6. The summed E-state index contributed by atoms with van der Waals surface area (Å²) in [6.07, 6.45) is 13.8. The number of amides is 1. The van der Waals surface area contributed by atoms with Crippen molar-refractivity contribution in [3.8, 4) is 11.3 Å². The molecule has 1 amide bonds. The molecule has 1 aliphatic carbocycles. The first-order chi connectivity index (χ1) is 19.2. The highest BCUT2D eigenvalue weighted by molar-refractivity contribution is 5.76. The number of hydrogen-bond acceptors (Lipinski definition) is 5. The first-order valence-electron chi connectivity index (χ1n) is 14.9. The van der Waals surface area contributed by atoms with Crippen molar-refractivity contribution in [2.45, 2.75) is 77.2 Å². The first kappa shape index (κ1) is 27.1. The molecule has 206 valence electrons. The maximum absolute atomic E-state index is 12.6. The van der Waals surface area contributed by atoms with Crippen LogP contribution in [0.2, 0.25) is 0 Å². The number of aromatic nitrogens is 3. The molecule has 1 fully saturated rings. The molecule has 3 aromatic rings. The quantitative estimate of drug-likeness (QED) is 0.321. The monoisotopic (exact) mass is 526 g/mol. The lowest BCUT2D eigenvalue weighted by Crippen LogP contribution is -2.49. The average molecular weight is 527 g/mol. The van der Waals surface area contributed by atoms with Crippen LogP contribution in [0.5, 0.6) is 0 Å². The van der Waals surface area contributed by atoms with Gasteiger partial charge in [0.05, 0.1) is 5.69 Å². The second-order valence-electron chi connectivity index (χ2n) is 10.9. The Balaban J connectivity index is 0.919. The molecule has 0 unspecified atom stereocenters. The summed E-state index contributed by atoms with van der Waals surface area (Å²) in [5.74, 6) is 1.31. The van der Waals surface area contributed by atoms with Crippen molar-refractivity contribution < 1.29 is 4.79 Å². The fourth-order valence-corrected chi connectivity index (χ4v) is 5.86. The van der Waals surface area contributed by atoms with Crippen molar-refractivity contribution in [1.82, 2.24) is 19.7 Å². The predicted molar refractivity (Wildman–Crippen MR) is 156 cm³/mol. The fourth-order valence-electron chi connectivity index (χ4n) is 5.86. The van der Waals surface area contributed by atoms with E-state index in [0.717, 1.165) is 76.3 Å². The van der Waals surface area contributed by atoms with Gasteiger partial charge < -0.3 is 9.80 Å². The third-order valence-electron chi connectivity index (χ3n) is 8.17. The van der Waals surface area contributed by atoms with Crippen LogP contribution in [0, 0.1) is 5.41 Å². The molecule has 1 aromatic carbocycles. The second-order valence-corrected chi connectivity index (χ2v) is 10.9. The van der Waals surface area contributed by atoms with Gasteiger partial charge in [0.2, 0.25) is 5.91 Å². The van der Waals surface area contributed by atoms with E-state index in [1.54, 1.807) is 0 Å². The molecule has 39 heavy (non-hydrogen) atoms. The van der Waals surface area contributed by atoms with Crippen LogP contribution in [0.4, 0.5) is 5.82 Å². The van der Waals surface area contributed by atoms with Gasteiger partial charge in [-0.15, -0.1) is 0 Å². The van der Waals surface area contributed by atoms with E-state index < -0.39 is 0 Å². The number of anilines is 1. The topological polar surface area (TPSA) is 78.1 Å². The summed E-state index contributed by atoms with van der Waals surface area (Å²) < 4.78 is 1.89. The van der Waals surface area contributed by atoms with Gasteiger partial charge >= 0.3 is 0 Å². The van der Waals surface area contributed by atoms with Crippen LogP contribution in [0.3, 0.4) is 0 Å². The molecule has 1 saturated heterocycles. The van der Waals surface area contributed by atoms with E-state index in [9.17, 15) is 4.79 Å². The van der Waals surface area contributed by atoms with E-state index in [1.165, 1.54) is 48.8 Å². The van der Waals surface area contributed by atoms with Crippen molar-refractivity contribution in [2.24, 2.45) is 0 Å². The number of carbonyl (C=O) groups excluding carboxylic acids is 1. The summed E-state index contributed by atoms with van der Waals surface area (Å²) in [5.41, 5.74) is 5.40. The Kier molecular flexibility index (Phi) is 9.41. The van der Waals surface area contributed by atoms with Crippen LogP contribution in [-0.2, 0) is 24.2 Å². The molecule has 7 nitrogen and oxygen atoms in total. The number of nitrogens with zero attached hydrogens (tertiary/aromatic N) is 5. The van der Waals surface area contributed by atoms with Gasteiger partial charge in [-0.1, -0.05) is 68.9 Å². The SMILES string of the molecule is N=c1cc2c(nn1CCCCCCCCCCC(=O)N1CCN(c3ccccn3)CC1)-c1ccccc1CC2. The van der Waals surface area contributed by atoms with Crippen LogP contribution in [0.15, 0.2) is 54.7 Å². The normalized spacial score (nSPS) is 14.7. The number of fused-ring (bicyclic) bond motifs is 3. The minimum absolute atomic E-state index is 0.307. The van der Waals surface area contributed by atoms with Gasteiger partial charge in [-0.3, -0.25) is 10.2 Å². The van der Waals surface area contributed by atoms with Gasteiger partial charge in [0.15, 0.2) is 0 Å². The summed E-state index contributed by atoms with van der Waals surface area (Å²) in [6.45, 7) is 4.13. The highest BCUT2D eigenvalue weighted by Crippen LogP contribution is 2.30. The van der Waals surface area contributed by atoms with Crippen molar-refractivity contribution >= 4 is 11.7 Å². The van der Waals surface area contributed by atoms with Gasteiger partial charge in [0, 0.05) is 50.9 Å². The lowest BCUT2D eigenvalue weighted by Gasteiger charge is -2.35. The zero-order valence-electron chi connectivity index (χ0n) is 23.2. The van der Waals surface area contributed by atoms with Gasteiger partial charge in [-0.2, -0.15) is 5.10 Å². The van der Waals surface area contributed by atoms with E-state index in [2.05, 4.69) is 34.1 Å². The summed E-state index contributed by atoms with van der Waals surface area (Å²) in [6, 6.07) is 16.5. The third-order valence-corrected chi connectivity index (χ3v) is 8.17. The Morgan fingerprint density at radius 3 is 2.26 bits per heavy atom. The number of rotatable bonds is 12. The molecule has 3 heterocycles. The smallest absolute Gasteiger partial charge is 0.222 e. The van der Waals surface area contributed by atoms with Crippen molar-refractivity contribution in [1.29, 1.82) is 5.41 Å². The van der Waals surface area contributed by atoms with Gasteiger partial charge in [-0.05, 0) is 55.0 Å². The predicted octanol–water partition coefficient (Wildman–Crippen LogP) is 5.38. The van der Waals surface area contributed by atoms with E-state index in [4.69, 9.17) is 10.5 Å². The lowest BCUT2D eigenvalue weighted by atomic mass is 9.89. The average Bonchev–Trinajstić information content (AvgIpc) is 2.98. The molecular formula is C32H42N6O. The number of piperazine rings is 1. The number of aryl methyl sites for hydroxylation is 3. The van der Waals surface area contributed by atoms with Crippen molar-refractivity contribution in [3.05, 3.63) is 71.3 Å². The molecule has 5 rings (SSSR count). The van der Waals surface area contributed by atoms with E-state index in [1.807, 2.05) is 40.0 Å². The molecule has 2 aliphatic rings. The van der Waals surface area contributed by atoms with E-state index >= 15 is 0 Å². The van der Waals surface area contributed by atoms with Crippen LogP contribution in [-0.4, -0.2) is 51.8 Å². The van der Waals surface area contributed by atoms with Gasteiger partial charge in [0.25, 0.3) is 0 Å². The van der Waals surface area contributed by atoms with Crippen LogP contribution in [0.1, 0.15) is 68.9 Å². The largest absolute Gasteiger partial charge is 0.353 e. The number of benzene rings is 1. The van der Waals surface area contributed by atoms with E-state index in [0.29, 0.717) is 17.8 Å². The summed E-state index contributed by atoms with van der Waals surface area (Å²) in [4.78, 5) is 21.3. The lowest BCUT2D eigenvalue weighted by molar-refractivity contribution is -0.131. The van der Waals surface area contributed by atoms with Crippen molar-refractivity contribution in [3.63, 3.8) is 0 Å². The number of hydrogen-bond donors (Lipinski definition) is 1. The van der Waals surface area contributed by atoms with Crippen molar-refractivity contribution in [2.75, 3.05) is 31.1 Å². The molecule has 0 radical (unpaired) electrons. The molecule has 7 heteroatoms. The first-order valence-corrected chi connectivity index (χ1v) is 14.9. The van der Waals surface area contributed by atoms with Crippen LogP contribution < -0.4 is 10.4 Å². The summed E-state index contributed by atoms with van der Waals surface area (Å²) in [7, 11) is 0. The molecule has 0 spiro atoms. The van der Waals surface area contributed by atoms with Crippen LogP contribution in [0.25, 0.3) is 11.3 Å². The van der Waals surface area contributed by atoms with Gasteiger partial charge in [0.1, 0.15) is 11.3 Å². The zero-order valence-corrected chi connectivity index (χ0v) is 23.2. The minimum atomic E-state index is 0.307. The number of carbonyl (C=O) groups is 1. The summed E-state index contributed by atoms with van der Waals surface area (Å²) >= 11 is 0. The van der Waals surface area contributed by atoms with E-state index in [-0.39, 0.29) is 0 Å². The Hall–Kier alpha value is -3.48. The molecule has 0 saturated carbocycles. The molecule has 0 atom stereocenters. The van der Waals surface area contributed by atoms with Gasteiger partial charge in [-0.25, -0.2) is 9.67 Å². The minimum Gasteiger partial charge on any atom is -0.353 e. The second kappa shape index (κ2) is 13.5. The standard InChI is InChI=1S/C32H42N6O/c33-29-25-27-18-17-26-13-8-9-14-28(26)32(27)35-38(29)20-12-6-4-2-1-3-5-7-16-31(39)37-23-21-36(22-24-37)30-15-10-11-19-34-30/h8-11,13-15,19,25,33H,1-7,12,16-18,20-24H2. The fraction of sp³-hybridized carbons (Fsp3) is 0.500. The molecular weight excluding hydrogens is 484 g/mol. The third kappa shape index (κ3) is 7.14. The highest BCUT2D eigenvalue weighted by Gasteiger charge is 2.21.